The van der Waals surface area contributed by atoms with Crippen molar-refractivity contribution in [2.75, 3.05) is 6.79 Å². The van der Waals surface area contributed by atoms with E-state index in [2.05, 4.69) is 0 Å². The normalized spacial score (nSPS) is 25.8. The highest BCUT2D eigenvalue weighted by molar-refractivity contribution is 5.79. The molecule has 1 aliphatic carbocycles. The van der Waals surface area contributed by atoms with Crippen LogP contribution < -0.4 is 0 Å². The van der Waals surface area contributed by atoms with E-state index in [9.17, 15) is 4.79 Å². The highest BCUT2D eigenvalue weighted by atomic mass is 16.7. The summed E-state index contributed by atoms with van der Waals surface area (Å²) < 4.78 is 10.9. The van der Waals surface area contributed by atoms with Crippen LogP contribution >= 0.6 is 0 Å². The van der Waals surface area contributed by atoms with Crippen LogP contribution in [0.3, 0.4) is 0 Å². The second-order valence-corrected chi connectivity index (χ2v) is 5.62. The van der Waals surface area contributed by atoms with Crippen LogP contribution in [-0.4, -0.2) is 18.9 Å². The Bertz CT molecular complexity index is 486. The quantitative estimate of drug-likeness (QED) is 0.772. The largest absolute Gasteiger partial charge is 0.438 e. The number of cyclic esters (lactones) is 1. The number of benzene rings is 1. The summed E-state index contributed by atoms with van der Waals surface area (Å²) in [4.78, 5) is 12.3. The molecule has 2 aliphatic rings. The summed E-state index contributed by atoms with van der Waals surface area (Å²) in [6.45, 7) is 0.0738. The van der Waals surface area contributed by atoms with Gasteiger partial charge < -0.3 is 9.47 Å². The standard InChI is InChI=1S/C17H20O3/c18-16-17(11-5-2-6-12-17)15(19-13-20-16)10-9-14-7-3-1-4-8-14/h1,3-4,7-10,15H,2,5-6,11-13H2/b10-9+. The first-order valence-electron chi connectivity index (χ1n) is 7.33. The van der Waals surface area contributed by atoms with E-state index in [1.807, 2.05) is 42.5 Å². The van der Waals surface area contributed by atoms with E-state index in [-0.39, 0.29) is 18.9 Å². The van der Waals surface area contributed by atoms with Gasteiger partial charge in [-0.2, -0.15) is 0 Å². The van der Waals surface area contributed by atoms with Crippen molar-refractivity contribution in [2.24, 2.45) is 5.41 Å². The molecule has 0 amide bonds. The van der Waals surface area contributed by atoms with E-state index in [4.69, 9.17) is 9.47 Å². The lowest BCUT2D eigenvalue weighted by atomic mass is 9.69. The molecule has 0 radical (unpaired) electrons. The van der Waals surface area contributed by atoms with Gasteiger partial charge in [0.15, 0.2) is 6.79 Å². The maximum absolute atomic E-state index is 12.3. The van der Waals surface area contributed by atoms with Crippen LogP contribution in [0.1, 0.15) is 37.7 Å². The van der Waals surface area contributed by atoms with Crippen LogP contribution in [0.15, 0.2) is 36.4 Å². The van der Waals surface area contributed by atoms with Gasteiger partial charge in [-0.1, -0.05) is 61.7 Å². The van der Waals surface area contributed by atoms with Crippen LogP contribution in [0.4, 0.5) is 0 Å². The molecule has 0 bridgehead atoms. The zero-order valence-electron chi connectivity index (χ0n) is 11.6. The fraction of sp³-hybridized carbons (Fsp3) is 0.471. The second-order valence-electron chi connectivity index (χ2n) is 5.62. The fourth-order valence-electron chi connectivity index (χ4n) is 3.25. The van der Waals surface area contributed by atoms with E-state index in [1.165, 1.54) is 6.42 Å². The van der Waals surface area contributed by atoms with Crippen molar-refractivity contribution in [1.29, 1.82) is 0 Å². The molecule has 1 heterocycles. The van der Waals surface area contributed by atoms with Crippen molar-refractivity contribution in [3.05, 3.63) is 42.0 Å². The van der Waals surface area contributed by atoms with Crippen LogP contribution in [0.25, 0.3) is 6.08 Å². The molecule has 1 saturated heterocycles. The lowest BCUT2D eigenvalue weighted by molar-refractivity contribution is -0.211. The molecular formula is C17H20O3. The number of esters is 1. The third-order valence-electron chi connectivity index (χ3n) is 4.40. The van der Waals surface area contributed by atoms with Gasteiger partial charge >= 0.3 is 5.97 Å². The van der Waals surface area contributed by atoms with E-state index in [1.54, 1.807) is 0 Å². The summed E-state index contributed by atoms with van der Waals surface area (Å²) in [5.74, 6) is -0.0776. The SMILES string of the molecule is O=C1OCOC(/C=C/c2ccccc2)C12CCCCC2. The van der Waals surface area contributed by atoms with Gasteiger partial charge in [0.05, 0.1) is 11.5 Å². The molecule has 1 unspecified atom stereocenters. The predicted octanol–water partition coefficient (Wildman–Crippen LogP) is 3.55. The van der Waals surface area contributed by atoms with Gasteiger partial charge in [-0.15, -0.1) is 0 Å². The molecule has 2 fully saturated rings. The van der Waals surface area contributed by atoms with Crippen molar-refractivity contribution in [3.63, 3.8) is 0 Å². The molecule has 1 aromatic rings. The summed E-state index contributed by atoms with van der Waals surface area (Å²) in [5, 5.41) is 0. The first kappa shape index (κ1) is 13.4. The maximum atomic E-state index is 12.3. The molecule has 106 valence electrons. The van der Waals surface area contributed by atoms with Crippen molar-refractivity contribution in [1.82, 2.24) is 0 Å². The van der Waals surface area contributed by atoms with Crippen LogP contribution in [-0.2, 0) is 14.3 Å². The highest BCUT2D eigenvalue weighted by Gasteiger charge is 2.49. The molecule has 1 atom stereocenters. The van der Waals surface area contributed by atoms with Gasteiger partial charge in [-0.05, 0) is 18.4 Å². The molecule has 0 aromatic heterocycles. The Morgan fingerprint density at radius 2 is 1.85 bits per heavy atom. The zero-order chi connectivity index (χ0) is 13.8. The van der Waals surface area contributed by atoms with Gasteiger partial charge in [0, 0.05) is 0 Å². The Morgan fingerprint density at radius 1 is 1.10 bits per heavy atom. The predicted molar refractivity (Wildman–Crippen MR) is 76.8 cm³/mol. The molecule has 1 spiro atoms. The average Bonchev–Trinajstić information content (AvgIpc) is 2.51. The van der Waals surface area contributed by atoms with Crippen molar-refractivity contribution < 1.29 is 14.3 Å². The smallest absolute Gasteiger partial charge is 0.317 e. The lowest BCUT2D eigenvalue weighted by Gasteiger charge is -2.42. The number of hydrogen-bond donors (Lipinski definition) is 0. The van der Waals surface area contributed by atoms with Crippen LogP contribution in [0, 0.1) is 5.41 Å². The molecule has 1 saturated carbocycles. The Labute approximate surface area is 119 Å². The molecule has 3 nitrogen and oxygen atoms in total. The molecule has 1 aromatic carbocycles. The fourth-order valence-corrected chi connectivity index (χ4v) is 3.25. The zero-order valence-corrected chi connectivity index (χ0v) is 11.6. The molecular weight excluding hydrogens is 252 g/mol. The van der Waals surface area contributed by atoms with Gasteiger partial charge in [-0.3, -0.25) is 4.79 Å². The summed E-state index contributed by atoms with van der Waals surface area (Å²) >= 11 is 0. The minimum Gasteiger partial charge on any atom is -0.438 e. The number of carbonyl (C=O) groups excluding carboxylic acids is 1. The maximum Gasteiger partial charge on any atom is 0.317 e. The monoisotopic (exact) mass is 272 g/mol. The van der Waals surface area contributed by atoms with Gasteiger partial charge in [0.2, 0.25) is 0 Å². The van der Waals surface area contributed by atoms with Gasteiger partial charge in [0.25, 0.3) is 0 Å². The van der Waals surface area contributed by atoms with E-state index in [0.29, 0.717) is 0 Å². The molecule has 3 heteroatoms. The third kappa shape index (κ3) is 2.50. The number of hydrogen-bond acceptors (Lipinski definition) is 3. The number of ether oxygens (including phenoxy) is 2. The molecule has 0 N–H and O–H groups in total. The lowest BCUT2D eigenvalue weighted by Crippen LogP contribution is -2.49. The Hall–Kier alpha value is -1.61. The summed E-state index contributed by atoms with van der Waals surface area (Å²) in [5.41, 5.74) is 0.669. The molecule has 1 aliphatic heterocycles. The Balaban J connectivity index is 1.82. The van der Waals surface area contributed by atoms with Crippen molar-refractivity contribution >= 4 is 12.0 Å². The van der Waals surface area contributed by atoms with Crippen molar-refractivity contribution in [3.8, 4) is 0 Å². The second kappa shape index (κ2) is 5.80. The summed E-state index contributed by atoms with van der Waals surface area (Å²) in [7, 11) is 0. The Morgan fingerprint density at radius 3 is 2.60 bits per heavy atom. The first-order valence-corrected chi connectivity index (χ1v) is 7.33. The van der Waals surface area contributed by atoms with Gasteiger partial charge in [-0.25, -0.2) is 0 Å². The Kier molecular flexibility index (Phi) is 3.88. The van der Waals surface area contributed by atoms with Crippen LogP contribution in [0.5, 0.6) is 0 Å². The van der Waals surface area contributed by atoms with Crippen molar-refractivity contribution in [2.45, 2.75) is 38.2 Å². The third-order valence-corrected chi connectivity index (χ3v) is 4.40. The minimum atomic E-state index is -0.457. The average molecular weight is 272 g/mol. The summed E-state index contributed by atoms with van der Waals surface area (Å²) in [6.07, 6.45) is 9.00. The van der Waals surface area contributed by atoms with E-state index in [0.717, 1.165) is 31.2 Å². The number of carbonyl (C=O) groups is 1. The highest BCUT2D eigenvalue weighted by Crippen LogP contribution is 2.44. The molecule has 3 rings (SSSR count). The molecule has 20 heavy (non-hydrogen) atoms. The van der Waals surface area contributed by atoms with Gasteiger partial charge in [0.1, 0.15) is 0 Å². The minimum absolute atomic E-state index is 0.0738. The topological polar surface area (TPSA) is 35.5 Å². The number of rotatable bonds is 2. The summed E-state index contributed by atoms with van der Waals surface area (Å²) in [6, 6.07) is 10.1. The van der Waals surface area contributed by atoms with Crippen LogP contribution in [0.2, 0.25) is 0 Å². The first-order chi connectivity index (χ1) is 9.81. The van der Waals surface area contributed by atoms with E-state index >= 15 is 0 Å². The van der Waals surface area contributed by atoms with E-state index < -0.39 is 5.41 Å².